The summed E-state index contributed by atoms with van der Waals surface area (Å²) >= 11 is 0. The van der Waals surface area contributed by atoms with Crippen LogP contribution in [-0.2, 0) is 27.9 Å². The van der Waals surface area contributed by atoms with E-state index < -0.39 is 28.7 Å². The maximum Gasteiger partial charge on any atom is 0.411 e. The second kappa shape index (κ2) is 8.55. The monoisotopic (exact) mass is 406 g/mol. The van der Waals surface area contributed by atoms with Crippen LogP contribution in [0, 0.1) is 0 Å². The number of carbonyl (C=O) groups is 1. The molecule has 11 heteroatoms. The Bertz CT molecular complexity index is 876. The van der Waals surface area contributed by atoms with Crippen LogP contribution in [0.5, 0.6) is 0 Å². The molecule has 1 aromatic heterocycles. The van der Waals surface area contributed by atoms with Gasteiger partial charge in [-0.05, 0) is 30.3 Å². The summed E-state index contributed by atoms with van der Waals surface area (Å²) in [4.78, 5) is 12.0. The SMILES string of the molecule is CNS(=O)(=O)c1ccc(C(=O)NCc2ccc(COCC(F)(F)F)cc2)o1. The van der Waals surface area contributed by atoms with E-state index in [1.54, 1.807) is 24.3 Å². The fraction of sp³-hybridized carbons (Fsp3) is 0.312. The molecule has 0 saturated carbocycles. The van der Waals surface area contributed by atoms with Gasteiger partial charge in [0.25, 0.3) is 15.9 Å². The first-order valence-electron chi connectivity index (χ1n) is 7.64. The molecule has 1 aromatic carbocycles. The second-order valence-electron chi connectivity index (χ2n) is 5.43. The van der Waals surface area contributed by atoms with E-state index in [9.17, 15) is 26.4 Å². The van der Waals surface area contributed by atoms with Gasteiger partial charge in [0.1, 0.15) is 6.61 Å². The molecule has 2 rings (SSSR count). The molecule has 7 nitrogen and oxygen atoms in total. The van der Waals surface area contributed by atoms with Crippen LogP contribution >= 0.6 is 0 Å². The molecular formula is C16H17F3N2O5S. The average molecular weight is 406 g/mol. The predicted molar refractivity (Wildman–Crippen MR) is 88.3 cm³/mol. The van der Waals surface area contributed by atoms with E-state index in [-0.39, 0.29) is 24.0 Å². The van der Waals surface area contributed by atoms with Crippen molar-refractivity contribution in [3.8, 4) is 0 Å². The quantitative estimate of drug-likeness (QED) is 0.701. The smallest absolute Gasteiger partial charge is 0.411 e. The minimum absolute atomic E-state index is 0.122. The molecule has 0 atom stereocenters. The van der Waals surface area contributed by atoms with E-state index in [4.69, 9.17) is 4.42 Å². The fourth-order valence-electron chi connectivity index (χ4n) is 1.99. The lowest BCUT2D eigenvalue weighted by Crippen LogP contribution is -2.22. The summed E-state index contributed by atoms with van der Waals surface area (Å²) in [6, 6.07) is 8.83. The van der Waals surface area contributed by atoms with Gasteiger partial charge in [-0.2, -0.15) is 13.2 Å². The van der Waals surface area contributed by atoms with Crippen LogP contribution in [0.25, 0.3) is 0 Å². The maximum atomic E-state index is 12.0. The third-order valence-corrected chi connectivity index (χ3v) is 4.64. The van der Waals surface area contributed by atoms with Crippen molar-refractivity contribution in [2.24, 2.45) is 0 Å². The lowest BCUT2D eigenvalue weighted by molar-refractivity contribution is -0.176. The normalized spacial score (nSPS) is 12.1. The van der Waals surface area contributed by atoms with Gasteiger partial charge in [0.2, 0.25) is 5.09 Å². The molecule has 1 heterocycles. The van der Waals surface area contributed by atoms with Crippen molar-refractivity contribution >= 4 is 15.9 Å². The zero-order valence-corrected chi connectivity index (χ0v) is 15.0. The Morgan fingerprint density at radius 3 is 2.33 bits per heavy atom. The van der Waals surface area contributed by atoms with Gasteiger partial charge in [-0.1, -0.05) is 24.3 Å². The molecule has 0 fully saturated rings. The van der Waals surface area contributed by atoms with Gasteiger partial charge >= 0.3 is 6.18 Å². The van der Waals surface area contributed by atoms with Crippen molar-refractivity contribution in [2.75, 3.05) is 13.7 Å². The van der Waals surface area contributed by atoms with Crippen molar-refractivity contribution in [2.45, 2.75) is 24.4 Å². The summed E-state index contributed by atoms with van der Waals surface area (Å²) in [6.45, 7) is -1.38. The van der Waals surface area contributed by atoms with Gasteiger partial charge in [0, 0.05) is 6.54 Å². The van der Waals surface area contributed by atoms with Crippen molar-refractivity contribution in [3.05, 3.63) is 53.3 Å². The summed E-state index contributed by atoms with van der Waals surface area (Å²) < 4.78 is 70.8. The molecule has 2 aromatic rings. The van der Waals surface area contributed by atoms with E-state index in [1.165, 1.54) is 13.1 Å². The number of nitrogens with one attached hydrogen (secondary N) is 2. The van der Waals surface area contributed by atoms with Gasteiger partial charge in [-0.25, -0.2) is 13.1 Å². The largest absolute Gasteiger partial charge is 0.438 e. The highest BCUT2D eigenvalue weighted by molar-refractivity contribution is 7.89. The van der Waals surface area contributed by atoms with Crippen molar-refractivity contribution in [1.82, 2.24) is 10.0 Å². The number of carbonyl (C=O) groups excluding carboxylic acids is 1. The number of halogens is 3. The highest BCUT2D eigenvalue weighted by Crippen LogP contribution is 2.16. The molecule has 148 valence electrons. The summed E-state index contributed by atoms with van der Waals surface area (Å²) in [7, 11) is -2.56. The van der Waals surface area contributed by atoms with Crippen molar-refractivity contribution in [1.29, 1.82) is 0 Å². The summed E-state index contributed by atoms with van der Waals surface area (Å²) in [5.74, 6) is -0.772. The topological polar surface area (TPSA) is 97.6 Å². The van der Waals surface area contributed by atoms with Gasteiger partial charge in [0.15, 0.2) is 5.76 Å². The molecule has 0 radical (unpaired) electrons. The van der Waals surface area contributed by atoms with E-state index >= 15 is 0 Å². The Hall–Kier alpha value is -2.37. The number of ether oxygens (including phenoxy) is 1. The molecule has 27 heavy (non-hydrogen) atoms. The first kappa shape index (κ1) is 20.9. The van der Waals surface area contributed by atoms with Gasteiger partial charge in [0.05, 0.1) is 6.61 Å². The zero-order chi connectivity index (χ0) is 20.1. The van der Waals surface area contributed by atoms with Crippen LogP contribution in [-0.4, -0.2) is 34.2 Å². The lowest BCUT2D eigenvalue weighted by atomic mass is 10.1. The van der Waals surface area contributed by atoms with E-state index in [0.29, 0.717) is 11.1 Å². The Kier molecular flexibility index (Phi) is 6.63. The third-order valence-electron chi connectivity index (χ3n) is 3.35. The molecule has 2 N–H and O–H groups in total. The van der Waals surface area contributed by atoms with E-state index in [2.05, 4.69) is 14.8 Å². The highest BCUT2D eigenvalue weighted by atomic mass is 32.2. The van der Waals surface area contributed by atoms with Crippen molar-refractivity contribution < 1.29 is 35.5 Å². The number of benzene rings is 1. The number of sulfonamides is 1. The Labute approximate surface area is 153 Å². The van der Waals surface area contributed by atoms with Crippen LogP contribution < -0.4 is 10.0 Å². The third kappa shape index (κ3) is 6.38. The Balaban J connectivity index is 1.87. The van der Waals surface area contributed by atoms with Crippen LogP contribution in [0.3, 0.4) is 0 Å². The first-order valence-corrected chi connectivity index (χ1v) is 9.13. The molecular weight excluding hydrogens is 389 g/mol. The highest BCUT2D eigenvalue weighted by Gasteiger charge is 2.27. The molecule has 0 aliphatic carbocycles. The standard InChI is InChI=1S/C16H17F3N2O5S/c1-20-27(23,24)14-7-6-13(26-14)15(22)21-8-11-2-4-12(5-3-11)9-25-10-16(17,18)19/h2-7,20H,8-10H2,1H3,(H,21,22). The Morgan fingerprint density at radius 2 is 1.74 bits per heavy atom. The van der Waals surface area contributed by atoms with Gasteiger partial charge < -0.3 is 14.5 Å². The minimum Gasteiger partial charge on any atom is -0.438 e. The summed E-state index contributed by atoms with van der Waals surface area (Å²) in [5.41, 5.74) is 1.25. The molecule has 0 aliphatic heterocycles. The first-order chi connectivity index (χ1) is 12.6. The number of hydrogen-bond acceptors (Lipinski definition) is 5. The molecule has 0 bridgehead atoms. The second-order valence-corrected chi connectivity index (χ2v) is 7.25. The Morgan fingerprint density at radius 1 is 1.11 bits per heavy atom. The molecule has 0 unspecified atom stereocenters. The fourth-order valence-corrected chi connectivity index (χ4v) is 2.64. The summed E-state index contributed by atoms with van der Waals surface area (Å²) in [5, 5.41) is 2.18. The maximum absolute atomic E-state index is 12.0. The summed E-state index contributed by atoms with van der Waals surface area (Å²) in [6.07, 6.45) is -4.37. The van der Waals surface area contributed by atoms with Crippen LogP contribution in [0.1, 0.15) is 21.7 Å². The molecule has 0 aliphatic rings. The van der Waals surface area contributed by atoms with Gasteiger partial charge in [-0.15, -0.1) is 0 Å². The molecule has 1 amide bonds. The molecule has 0 spiro atoms. The van der Waals surface area contributed by atoms with Crippen LogP contribution in [0.4, 0.5) is 13.2 Å². The number of hydrogen-bond donors (Lipinski definition) is 2. The van der Waals surface area contributed by atoms with Gasteiger partial charge in [-0.3, -0.25) is 4.79 Å². The van der Waals surface area contributed by atoms with E-state index in [0.717, 1.165) is 6.07 Å². The average Bonchev–Trinajstić information content (AvgIpc) is 3.11. The number of furan rings is 1. The number of alkyl halides is 3. The van der Waals surface area contributed by atoms with Crippen LogP contribution in [0.15, 0.2) is 45.9 Å². The van der Waals surface area contributed by atoms with Crippen LogP contribution in [0.2, 0.25) is 0 Å². The number of rotatable bonds is 8. The predicted octanol–water partition coefficient (Wildman–Crippen LogP) is 2.20. The zero-order valence-electron chi connectivity index (χ0n) is 14.2. The minimum atomic E-state index is -4.37. The van der Waals surface area contributed by atoms with Crippen molar-refractivity contribution in [3.63, 3.8) is 0 Å². The van der Waals surface area contributed by atoms with E-state index in [1.807, 2.05) is 0 Å². The lowest BCUT2D eigenvalue weighted by Gasteiger charge is -2.08. The molecule has 0 saturated heterocycles. The number of amides is 1.